The quantitative estimate of drug-likeness (QED) is 0.460. The molecule has 0 saturated carbocycles. The van der Waals surface area contributed by atoms with Crippen molar-refractivity contribution < 1.29 is 14.1 Å². The Morgan fingerprint density at radius 1 is 1.00 bits per heavy atom. The van der Waals surface area contributed by atoms with Gasteiger partial charge < -0.3 is 14.7 Å². The van der Waals surface area contributed by atoms with Crippen molar-refractivity contribution >= 4 is 23.2 Å². The Labute approximate surface area is 197 Å². The van der Waals surface area contributed by atoms with Gasteiger partial charge >= 0.3 is 0 Å². The minimum Gasteiger partial charge on any atom is -0.334 e. The van der Waals surface area contributed by atoms with E-state index in [2.05, 4.69) is 15.5 Å². The Morgan fingerprint density at radius 3 is 2.62 bits per heavy atom. The van der Waals surface area contributed by atoms with Gasteiger partial charge in [-0.2, -0.15) is 4.98 Å². The first-order valence-corrected chi connectivity index (χ1v) is 11.2. The zero-order valence-electron chi connectivity index (χ0n) is 19.0. The van der Waals surface area contributed by atoms with Gasteiger partial charge in [-0.05, 0) is 49.7 Å². The van der Waals surface area contributed by atoms with Crippen LogP contribution in [0.4, 0.5) is 11.4 Å². The number of anilines is 2. The molecule has 2 amide bonds. The number of rotatable bonds is 5. The molecule has 1 fully saturated rings. The van der Waals surface area contributed by atoms with Crippen molar-refractivity contribution in [3.05, 3.63) is 83.9 Å². The number of aryl methyl sites for hydroxylation is 2. The van der Waals surface area contributed by atoms with E-state index in [0.29, 0.717) is 29.5 Å². The van der Waals surface area contributed by atoms with Crippen LogP contribution in [0, 0.1) is 19.8 Å². The van der Waals surface area contributed by atoms with Crippen molar-refractivity contribution in [2.24, 2.45) is 5.92 Å². The first-order valence-electron chi connectivity index (χ1n) is 11.2. The second-order valence-electron chi connectivity index (χ2n) is 8.55. The Morgan fingerprint density at radius 2 is 1.79 bits per heavy atom. The summed E-state index contributed by atoms with van der Waals surface area (Å²) < 4.78 is 5.47. The molecule has 3 aromatic carbocycles. The van der Waals surface area contributed by atoms with E-state index in [4.69, 9.17) is 4.52 Å². The van der Waals surface area contributed by atoms with E-state index in [1.165, 1.54) is 0 Å². The minimum atomic E-state index is -0.424. The standard InChI is InChI=1S/C27H24N4O3/c1-17-7-5-9-19(13-17)25-29-27(34-30-25)20-10-6-11-22(14-20)28-26(33)21-15-24(32)31(16-21)23-12-4-3-8-18(23)2/h3-14,21H,15-16H2,1-2H3,(H,28,33)/t21-/m1/s1. The molecule has 1 aromatic heterocycles. The van der Waals surface area contributed by atoms with Crippen molar-refractivity contribution in [1.29, 1.82) is 0 Å². The van der Waals surface area contributed by atoms with Crippen LogP contribution in [0.25, 0.3) is 22.8 Å². The zero-order valence-corrected chi connectivity index (χ0v) is 19.0. The molecule has 34 heavy (non-hydrogen) atoms. The van der Waals surface area contributed by atoms with Crippen LogP contribution in [0.5, 0.6) is 0 Å². The summed E-state index contributed by atoms with van der Waals surface area (Å²) >= 11 is 0. The molecule has 0 radical (unpaired) electrons. The monoisotopic (exact) mass is 452 g/mol. The lowest BCUT2D eigenvalue weighted by molar-refractivity contribution is -0.122. The number of carbonyl (C=O) groups excluding carboxylic acids is 2. The summed E-state index contributed by atoms with van der Waals surface area (Å²) in [5.41, 5.74) is 5.16. The van der Waals surface area contributed by atoms with Gasteiger partial charge in [-0.1, -0.05) is 53.2 Å². The number of amides is 2. The lowest BCUT2D eigenvalue weighted by atomic mass is 10.1. The average molecular weight is 453 g/mol. The van der Waals surface area contributed by atoms with Gasteiger partial charge in [-0.3, -0.25) is 9.59 Å². The number of benzene rings is 3. The van der Waals surface area contributed by atoms with Crippen LogP contribution >= 0.6 is 0 Å². The first kappa shape index (κ1) is 21.6. The van der Waals surface area contributed by atoms with E-state index >= 15 is 0 Å². The van der Waals surface area contributed by atoms with Gasteiger partial charge in [0.1, 0.15) is 0 Å². The molecule has 170 valence electrons. The number of nitrogens with zero attached hydrogens (tertiary/aromatic N) is 3. The Kier molecular flexibility index (Phi) is 5.67. The van der Waals surface area contributed by atoms with E-state index < -0.39 is 5.92 Å². The summed E-state index contributed by atoms with van der Waals surface area (Å²) in [5.74, 6) is 0.223. The summed E-state index contributed by atoms with van der Waals surface area (Å²) in [4.78, 5) is 31.7. The van der Waals surface area contributed by atoms with Crippen LogP contribution in [-0.4, -0.2) is 28.5 Å². The molecule has 7 heteroatoms. The Bertz CT molecular complexity index is 1380. The van der Waals surface area contributed by atoms with E-state index in [1.54, 1.807) is 17.0 Å². The Balaban J connectivity index is 1.30. The third-order valence-electron chi connectivity index (χ3n) is 5.98. The fourth-order valence-corrected chi connectivity index (χ4v) is 4.20. The molecular weight excluding hydrogens is 428 g/mol. The van der Waals surface area contributed by atoms with Gasteiger partial charge in [0.15, 0.2) is 0 Å². The molecule has 1 saturated heterocycles. The van der Waals surface area contributed by atoms with Gasteiger partial charge in [-0.15, -0.1) is 0 Å². The molecule has 1 N–H and O–H groups in total. The molecule has 5 rings (SSSR count). The maximum atomic E-state index is 12.9. The average Bonchev–Trinajstić information content (AvgIpc) is 3.47. The maximum Gasteiger partial charge on any atom is 0.258 e. The first-order chi connectivity index (χ1) is 16.5. The second kappa shape index (κ2) is 8.94. The van der Waals surface area contributed by atoms with E-state index in [1.807, 2.05) is 74.5 Å². The molecule has 0 bridgehead atoms. The number of nitrogens with one attached hydrogen (secondary N) is 1. The highest BCUT2D eigenvalue weighted by Crippen LogP contribution is 2.29. The highest BCUT2D eigenvalue weighted by molar-refractivity contribution is 6.04. The molecule has 1 atom stereocenters. The third-order valence-corrected chi connectivity index (χ3v) is 5.98. The number of para-hydroxylation sites is 1. The maximum absolute atomic E-state index is 12.9. The number of hydrogen-bond donors (Lipinski definition) is 1. The highest BCUT2D eigenvalue weighted by atomic mass is 16.5. The van der Waals surface area contributed by atoms with Crippen LogP contribution in [0.2, 0.25) is 0 Å². The lowest BCUT2D eigenvalue weighted by Gasteiger charge is -2.19. The van der Waals surface area contributed by atoms with Crippen molar-refractivity contribution in [2.45, 2.75) is 20.3 Å². The summed E-state index contributed by atoms with van der Waals surface area (Å²) in [6.07, 6.45) is 0.184. The fourth-order valence-electron chi connectivity index (χ4n) is 4.20. The normalized spacial score (nSPS) is 15.5. The predicted octanol–water partition coefficient (Wildman–Crippen LogP) is 5.01. The van der Waals surface area contributed by atoms with Crippen LogP contribution in [-0.2, 0) is 9.59 Å². The fraction of sp³-hybridized carbons (Fsp3) is 0.185. The highest BCUT2D eigenvalue weighted by Gasteiger charge is 2.35. The lowest BCUT2D eigenvalue weighted by Crippen LogP contribution is -2.28. The van der Waals surface area contributed by atoms with E-state index in [0.717, 1.165) is 22.4 Å². The van der Waals surface area contributed by atoms with E-state index in [-0.39, 0.29) is 18.2 Å². The summed E-state index contributed by atoms with van der Waals surface area (Å²) in [6.45, 7) is 4.33. The van der Waals surface area contributed by atoms with Crippen LogP contribution in [0.15, 0.2) is 77.3 Å². The molecule has 1 aliphatic rings. The Hall–Kier alpha value is -4.26. The van der Waals surface area contributed by atoms with Crippen LogP contribution in [0.3, 0.4) is 0 Å². The smallest absolute Gasteiger partial charge is 0.258 e. The van der Waals surface area contributed by atoms with Crippen molar-refractivity contribution in [2.75, 3.05) is 16.8 Å². The van der Waals surface area contributed by atoms with Gasteiger partial charge in [0.2, 0.25) is 17.6 Å². The topological polar surface area (TPSA) is 88.3 Å². The number of hydrogen-bond acceptors (Lipinski definition) is 5. The number of aromatic nitrogens is 2. The van der Waals surface area contributed by atoms with Gasteiger partial charge in [0, 0.05) is 35.5 Å². The SMILES string of the molecule is Cc1cccc(-c2noc(-c3cccc(NC(=O)[C@@H]4CC(=O)N(c5ccccc5C)C4)c3)n2)c1. The molecule has 4 aromatic rings. The molecule has 1 aliphatic heterocycles. The molecule has 7 nitrogen and oxygen atoms in total. The zero-order chi connectivity index (χ0) is 23.7. The van der Waals surface area contributed by atoms with Crippen LogP contribution < -0.4 is 10.2 Å². The number of carbonyl (C=O) groups is 2. The van der Waals surface area contributed by atoms with Gasteiger partial charge in [-0.25, -0.2) is 0 Å². The van der Waals surface area contributed by atoms with Crippen LogP contribution in [0.1, 0.15) is 17.5 Å². The second-order valence-corrected chi connectivity index (χ2v) is 8.55. The summed E-state index contributed by atoms with van der Waals surface area (Å²) in [5, 5.41) is 7.03. The summed E-state index contributed by atoms with van der Waals surface area (Å²) in [7, 11) is 0. The van der Waals surface area contributed by atoms with Gasteiger partial charge in [0.05, 0.1) is 5.92 Å². The molecular formula is C27H24N4O3. The van der Waals surface area contributed by atoms with Crippen molar-refractivity contribution in [3.63, 3.8) is 0 Å². The van der Waals surface area contributed by atoms with Crippen molar-refractivity contribution in [3.8, 4) is 22.8 Å². The van der Waals surface area contributed by atoms with Gasteiger partial charge in [0.25, 0.3) is 5.89 Å². The minimum absolute atomic E-state index is 0.0438. The molecule has 0 aliphatic carbocycles. The summed E-state index contributed by atoms with van der Waals surface area (Å²) in [6, 6.07) is 22.9. The predicted molar refractivity (Wildman–Crippen MR) is 130 cm³/mol. The molecule has 0 spiro atoms. The largest absolute Gasteiger partial charge is 0.334 e. The molecule has 2 heterocycles. The van der Waals surface area contributed by atoms with E-state index in [9.17, 15) is 9.59 Å². The third kappa shape index (κ3) is 4.32. The van der Waals surface area contributed by atoms with Crippen molar-refractivity contribution in [1.82, 2.24) is 10.1 Å². The molecule has 0 unspecified atom stereocenters.